The highest BCUT2D eigenvalue weighted by Gasteiger charge is 2.03. The molecule has 0 spiro atoms. The lowest BCUT2D eigenvalue weighted by Crippen LogP contribution is -2.46. The fourth-order valence-electron chi connectivity index (χ4n) is 2.13. The fraction of sp³-hybridized carbons (Fsp3) is 0.933. The van der Waals surface area contributed by atoms with E-state index in [1.165, 1.54) is 57.8 Å². The van der Waals surface area contributed by atoms with Gasteiger partial charge in [0.15, 0.2) is 5.11 Å². The lowest BCUT2D eigenvalue weighted by molar-refractivity contribution is 0.508. The molecular weight excluding hydrogens is 254 g/mol. The highest BCUT2D eigenvalue weighted by molar-refractivity contribution is 7.80. The molecule has 3 nitrogen and oxygen atoms in total. The minimum atomic E-state index is -0.00361. The summed E-state index contributed by atoms with van der Waals surface area (Å²) in [7, 11) is 0. The average Bonchev–Trinajstić information content (AvgIpc) is 2.37. The highest BCUT2D eigenvalue weighted by atomic mass is 32.1. The first-order valence-corrected chi connectivity index (χ1v) is 8.41. The van der Waals surface area contributed by atoms with Gasteiger partial charge < -0.3 is 16.4 Å². The van der Waals surface area contributed by atoms with Gasteiger partial charge in [0.05, 0.1) is 6.17 Å². The summed E-state index contributed by atoms with van der Waals surface area (Å²) in [5.74, 6) is 0. The number of hydrogen-bond donors (Lipinski definition) is 3. The number of hydrogen-bond acceptors (Lipinski definition) is 2. The van der Waals surface area contributed by atoms with Crippen molar-refractivity contribution >= 4 is 17.3 Å². The minimum absolute atomic E-state index is 0.00361. The van der Waals surface area contributed by atoms with Crippen LogP contribution in [0.15, 0.2) is 0 Å². The largest absolute Gasteiger partial charge is 0.363 e. The van der Waals surface area contributed by atoms with Crippen molar-refractivity contribution in [1.82, 2.24) is 10.6 Å². The maximum absolute atomic E-state index is 5.96. The molecule has 1 unspecified atom stereocenters. The van der Waals surface area contributed by atoms with E-state index in [4.69, 9.17) is 18.0 Å². The van der Waals surface area contributed by atoms with E-state index >= 15 is 0 Å². The van der Waals surface area contributed by atoms with Crippen LogP contribution in [0.3, 0.4) is 0 Å². The first-order chi connectivity index (χ1) is 9.20. The molecule has 0 aliphatic rings. The summed E-state index contributed by atoms with van der Waals surface area (Å²) in [6.45, 7) is 5.13. The molecule has 0 fully saturated rings. The third-order valence-electron chi connectivity index (χ3n) is 3.27. The Bertz CT molecular complexity index is 210. The summed E-state index contributed by atoms with van der Waals surface area (Å²) in [6, 6.07) is 0. The molecule has 0 heterocycles. The van der Waals surface area contributed by atoms with E-state index in [2.05, 4.69) is 17.6 Å². The van der Waals surface area contributed by atoms with Crippen LogP contribution in [0.25, 0.3) is 0 Å². The van der Waals surface area contributed by atoms with Gasteiger partial charge >= 0.3 is 0 Å². The van der Waals surface area contributed by atoms with Crippen molar-refractivity contribution in [2.24, 2.45) is 5.73 Å². The van der Waals surface area contributed by atoms with Gasteiger partial charge in [0.25, 0.3) is 0 Å². The van der Waals surface area contributed by atoms with E-state index in [9.17, 15) is 0 Å². The molecule has 0 aromatic heterocycles. The van der Waals surface area contributed by atoms with Gasteiger partial charge in [-0.3, -0.25) is 0 Å². The van der Waals surface area contributed by atoms with Crippen LogP contribution in [0, 0.1) is 0 Å². The molecule has 0 bridgehead atoms. The third-order valence-corrected chi connectivity index (χ3v) is 3.53. The molecule has 4 heteroatoms. The van der Waals surface area contributed by atoms with E-state index in [0.29, 0.717) is 5.11 Å². The molecule has 0 aliphatic carbocycles. The summed E-state index contributed by atoms with van der Waals surface area (Å²) in [5.41, 5.74) is 5.96. The monoisotopic (exact) mass is 287 g/mol. The molecule has 0 amide bonds. The normalized spacial score (nSPS) is 12.2. The predicted octanol–water partition coefficient (Wildman–Crippen LogP) is 3.68. The molecule has 4 N–H and O–H groups in total. The number of nitrogens with one attached hydrogen (secondary N) is 2. The Morgan fingerprint density at radius 3 is 2.00 bits per heavy atom. The standard InChI is InChI=1S/C15H33N3S/c1-3-5-6-7-8-9-10-11-12-13-14(16)18-15(19)17-4-2/h14H,3-13,16H2,1-2H3,(H2,17,18,19). The van der Waals surface area contributed by atoms with Crippen molar-refractivity contribution in [2.45, 2.75) is 84.2 Å². The predicted molar refractivity (Wildman–Crippen MR) is 89.2 cm³/mol. The second kappa shape index (κ2) is 14.1. The summed E-state index contributed by atoms with van der Waals surface area (Å²) >= 11 is 5.10. The van der Waals surface area contributed by atoms with Crippen LogP contribution in [0.4, 0.5) is 0 Å². The number of thiocarbonyl (C=S) groups is 1. The Kier molecular flexibility index (Phi) is 13.8. The quantitative estimate of drug-likeness (QED) is 0.291. The minimum Gasteiger partial charge on any atom is -0.363 e. The molecule has 0 aromatic rings. The van der Waals surface area contributed by atoms with Crippen LogP contribution in [0.2, 0.25) is 0 Å². The van der Waals surface area contributed by atoms with E-state index in [0.717, 1.165) is 13.0 Å². The van der Waals surface area contributed by atoms with Crippen LogP contribution in [0.5, 0.6) is 0 Å². The molecule has 0 radical (unpaired) electrons. The van der Waals surface area contributed by atoms with Gasteiger partial charge in [-0.25, -0.2) is 0 Å². The third kappa shape index (κ3) is 13.9. The Labute approximate surface area is 125 Å². The zero-order valence-electron chi connectivity index (χ0n) is 12.8. The second-order valence-corrected chi connectivity index (χ2v) is 5.64. The lowest BCUT2D eigenvalue weighted by atomic mass is 10.1. The summed E-state index contributed by atoms with van der Waals surface area (Å²) in [4.78, 5) is 0. The van der Waals surface area contributed by atoms with Crippen LogP contribution in [0.1, 0.15) is 78.1 Å². The summed E-state index contributed by atoms with van der Waals surface area (Å²) < 4.78 is 0. The highest BCUT2D eigenvalue weighted by Crippen LogP contribution is 2.10. The molecule has 0 saturated carbocycles. The van der Waals surface area contributed by atoms with Gasteiger partial charge in [0.2, 0.25) is 0 Å². The Morgan fingerprint density at radius 2 is 1.47 bits per heavy atom. The molecule has 19 heavy (non-hydrogen) atoms. The van der Waals surface area contributed by atoms with E-state index in [-0.39, 0.29) is 6.17 Å². The lowest BCUT2D eigenvalue weighted by Gasteiger charge is -2.16. The van der Waals surface area contributed by atoms with Crippen LogP contribution < -0.4 is 16.4 Å². The molecule has 0 rings (SSSR count). The van der Waals surface area contributed by atoms with Crippen molar-refractivity contribution in [3.05, 3.63) is 0 Å². The molecule has 0 aliphatic heterocycles. The second-order valence-electron chi connectivity index (χ2n) is 5.23. The van der Waals surface area contributed by atoms with E-state index < -0.39 is 0 Å². The van der Waals surface area contributed by atoms with Crippen molar-refractivity contribution in [3.8, 4) is 0 Å². The molecule has 0 saturated heterocycles. The maximum Gasteiger partial charge on any atom is 0.167 e. The van der Waals surface area contributed by atoms with Gasteiger partial charge in [-0.05, 0) is 25.6 Å². The van der Waals surface area contributed by atoms with Crippen LogP contribution in [-0.4, -0.2) is 17.8 Å². The van der Waals surface area contributed by atoms with Crippen LogP contribution in [-0.2, 0) is 0 Å². The number of rotatable bonds is 12. The number of nitrogens with two attached hydrogens (primary N) is 1. The fourth-order valence-corrected chi connectivity index (χ4v) is 2.42. The van der Waals surface area contributed by atoms with Gasteiger partial charge in [0, 0.05) is 6.54 Å². The van der Waals surface area contributed by atoms with E-state index in [1.54, 1.807) is 0 Å². The zero-order chi connectivity index (χ0) is 14.3. The Balaban J connectivity index is 3.22. The van der Waals surface area contributed by atoms with Gasteiger partial charge in [0.1, 0.15) is 0 Å². The average molecular weight is 288 g/mol. The first kappa shape index (κ1) is 18.7. The van der Waals surface area contributed by atoms with E-state index in [1.807, 2.05) is 6.92 Å². The molecule has 0 aromatic carbocycles. The summed E-state index contributed by atoms with van der Waals surface area (Å²) in [6.07, 6.45) is 13.1. The smallest absolute Gasteiger partial charge is 0.167 e. The number of unbranched alkanes of at least 4 members (excludes halogenated alkanes) is 8. The SMILES string of the molecule is CCCCCCCCCCCC(N)NC(=S)NCC. The van der Waals surface area contributed by atoms with Crippen molar-refractivity contribution in [1.29, 1.82) is 0 Å². The van der Waals surface area contributed by atoms with Crippen molar-refractivity contribution < 1.29 is 0 Å². The maximum atomic E-state index is 5.96. The summed E-state index contributed by atoms with van der Waals surface area (Å²) in [5, 5.41) is 6.83. The molecule has 114 valence electrons. The van der Waals surface area contributed by atoms with Gasteiger partial charge in [-0.1, -0.05) is 64.7 Å². The molecular formula is C15H33N3S. The molecule has 1 atom stereocenters. The van der Waals surface area contributed by atoms with Gasteiger partial charge in [-0.15, -0.1) is 0 Å². The van der Waals surface area contributed by atoms with Crippen LogP contribution >= 0.6 is 12.2 Å². The van der Waals surface area contributed by atoms with Crippen molar-refractivity contribution in [2.75, 3.05) is 6.54 Å². The first-order valence-electron chi connectivity index (χ1n) is 8.00. The van der Waals surface area contributed by atoms with Gasteiger partial charge in [-0.2, -0.15) is 0 Å². The van der Waals surface area contributed by atoms with Crippen molar-refractivity contribution in [3.63, 3.8) is 0 Å². The zero-order valence-corrected chi connectivity index (χ0v) is 13.7. The Hall–Kier alpha value is -0.350. The Morgan fingerprint density at radius 1 is 0.947 bits per heavy atom. The topological polar surface area (TPSA) is 50.1 Å².